The van der Waals surface area contributed by atoms with Crippen molar-refractivity contribution >= 4 is 34.8 Å². The summed E-state index contributed by atoms with van der Waals surface area (Å²) in [5.74, 6) is -0.454. The minimum atomic E-state index is -1.65. The summed E-state index contributed by atoms with van der Waals surface area (Å²) in [7, 11) is -1.65. The fourth-order valence-electron chi connectivity index (χ4n) is 3.65. The molecule has 28 heavy (non-hydrogen) atoms. The van der Waals surface area contributed by atoms with E-state index in [4.69, 9.17) is 0 Å². The molecule has 0 radical (unpaired) electrons. The van der Waals surface area contributed by atoms with Crippen LogP contribution in [0.4, 0.5) is 0 Å². The standard InChI is InChI=1S/C20H17BN2O4S/c24-21(25)16-8-3-1-6-13(16)20-19(14-7-2-4-9-17(14)22-20)15(12-23(26)27)18-10-5-11-28-18/h1-11,15,22,24-25H,12H2. The van der Waals surface area contributed by atoms with Gasteiger partial charge in [0.2, 0.25) is 6.54 Å². The number of fused-ring (bicyclic) bond motifs is 1. The van der Waals surface area contributed by atoms with Gasteiger partial charge in [0.05, 0.1) is 11.6 Å². The number of hydrogen-bond acceptors (Lipinski definition) is 5. The van der Waals surface area contributed by atoms with Crippen LogP contribution in [0.25, 0.3) is 22.2 Å². The summed E-state index contributed by atoms with van der Waals surface area (Å²) in [5.41, 5.74) is 3.28. The van der Waals surface area contributed by atoms with Crippen molar-refractivity contribution in [3.8, 4) is 11.3 Å². The summed E-state index contributed by atoms with van der Waals surface area (Å²) in [6.45, 7) is -0.251. The summed E-state index contributed by atoms with van der Waals surface area (Å²) >= 11 is 1.48. The SMILES string of the molecule is O=[N+]([O-])CC(c1cccs1)c1c(-c2ccccc2B(O)O)[nH]c2ccccc12. The van der Waals surface area contributed by atoms with Crippen molar-refractivity contribution in [2.45, 2.75) is 5.92 Å². The number of aromatic nitrogens is 1. The summed E-state index contributed by atoms with van der Waals surface area (Å²) in [6.07, 6.45) is 0. The molecule has 0 saturated heterocycles. The van der Waals surface area contributed by atoms with Gasteiger partial charge in [0, 0.05) is 26.3 Å². The molecular weight excluding hydrogens is 375 g/mol. The number of para-hydroxylation sites is 1. The Morgan fingerprint density at radius 3 is 2.54 bits per heavy atom. The maximum absolute atomic E-state index is 11.5. The molecule has 1 atom stereocenters. The zero-order valence-corrected chi connectivity index (χ0v) is 15.6. The minimum absolute atomic E-state index is 0.251. The third-order valence-electron chi connectivity index (χ3n) is 4.82. The van der Waals surface area contributed by atoms with Crippen LogP contribution < -0.4 is 5.46 Å². The lowest BCUT2D eigenvalue weighted by molar-refractivity contribution is -0.481. The Hall–Kier alpha value is -2.94. The molecule has 140 valence electrons. The second kappa shape index (κ2) is 7.59. The number of thiophene rings is 1. The second-order valence-corrected chi connectivity index (χ2v) is 7.48. The molecule has 0 fully saturated rings. The lowest BCUT2D eigenvalue weighted by Crippen LogP contribution is -2.31. The number of nitro groups is 1. The van der Waals surface area contributed by atoms with Crippen molar-refractivity contribution < 1.29 is 15.0 Å². The molecule has 2 aromatic carbocycles. The summed E-state index contributed by atoms with van der Waals surface area (Å²) in [4.78, 5) is 15.4. The van der Waals surface area contributed by atoms with Crippen LogP contribution >= 0.6 is 11.3 Å². The predicted octanol–water partition coefficient (Wildman–Crippen LogP) is 2.98. The summed E-state index contributed by atoms with van der Waals surface area (Å²) in [5, 5.41) is 33.9. The van der Waals surface area contributed by atoms with Gasteiger partial charge < -0.3 is 15.0 Å². The van der Waals surface area contributed by atoms with Gasteiger partial charge in [0.1, 0.15) is 0 Å². The van der Waals surface area contributed by atoms with E-state index in [9.17, 15) is 20.2 Å². The zero-order valence-electron chi connectivity index (χ0n) is 14.8. The number of aromatic amines is 1. The molecule has 3 N–H and O–H groups in total. The first-order chi connectivity index (χ1) is 13.6. The van der Waals surface area contributed by atoms with E-state index in [0.717, 1.165) is 21.3 Å². The number of nitrogens with one attached hydrogen (secondary N) is 1. The molecule has 0 bridgehead atoms. The topological polar surface area (TPSA) is 99.4 Å². The first-order valence-electron chi connectivity index (χ1n) is 8.77. The van der Waals surface area contributed by atoms with Crippen molar-refractivity contribution in [3.05, 3.63) is 86.6 Å². The molecule has 2 aromatic heterocycles. The molecule has 6 nitrogen and oxygen atoms in total. The Kier molecular flexibility index (Phi) is 5.00. The first-order valence-corrected chi connectivity index (χ1v) is 9.65. The molecule has 8 heteroatoms. The fourth-order valence-corrected chi connectivity index (χ4v) is 4.48. The van der Waals surface area contributed by atoms with Gasteiger partial charge in [-0.3, -0.25) is 10.1 Å². The molecule has 4 rings (SSSR count). The molecule has 0 saturated carbocycles. The first kappa shape index (κ1) is 18.4. The molecule has 4 aromatic rings. The molecule has 0 spiro atoms. The number of hydrogen-bond donors (Lipinski definition) is 3. The van der Waals surface area contributed by atoms with Crippen molar-refractivity contribution in [1.82, 2.24) is 4.98 Å². The summed E-state index contributed by atoms with van der Waals surface area (Å²) < 4.78 is 0. The van der Waals surface area contributed by atoms with Crippen LogP contribution in [0.3, 0.4) is 0 Å². The fraction of sp³-hybridized carbons (Fsp3) is 0.100. The third kappa shape index (κ3) is 3.33. The van der Waals surface area contributed by atoms with E-state index in [0.29, 0.717) is 16.7 Å². The molecule has 0 aliphatic rings. The highest BCUT2D eigenvalue weighted by atomic mass is 32.1. The highest BCUT2D eigenvalue weighted by molar-refractivity contribution is 7.10. The highest BCUT2D eigenvalue weighted by Gasteiger charge is 2.29. The Morgan fingerprint density at radius 1 is 1.07 bits per heavy atom. The maximum atomic E-state index is 11.5. The molecule has 1 unspecified atom stereocenters. The van der Waals surface area contributed by atoms with E-state index in [-0.39, 0.29) is 11.5 Å². The van der Waals surface area contributed by atoms with Crippen molar-refractivity contribution in [2.24, 2.45) is 0 Å². The monoisotopic (exact) mass is 392 g/mol. The number of rotatable bonds is 6. The van der Waals surface area contributed by atoms with Gasteiger partial charge in [-0.1, -0.05) is 48.5 Å². The Labute approximate surface area is 165 Å². The van der Waals surface area contributed by atoms with Crippen molar-refractivity contribution in [2.75, 3.05) is 6.54 Å². The van der Waals surface area contributed by atoms with Crippen LogP contribution in [-0.2, 0) is 0 Å². The molecular formula is C20H17BN2O4S. The van der Waals surface area contributed by atoms with Crippen molar-refractivity contribution in [3.63, 3.8) is 0 Å². The van der Waals surface area contributed by atoms with E-state index in [2.05, 4.69) is 4.98 Å². The van der Waals surface area contributed by atoms with E-state index in [1.54, 1.807) is 18.2 Å². The Morgan fingerprint density at radius 2 is 1.82 bits per heavy atom. The van der Waals surface area contributed by atoms with Crippen LogP contribution in [0.15, 0.2) is 66.0 Å². The van der Waals surface area contributed by atoms with Crippen LogP contribution in [0, 0.1) is 10.1 Å². The van der Waals surface area contributed by atoms with E-state index >= 15 is 0 Å². The van der Waals surface area contributed by atoms with E-state index in [1.165, 1.54) is 11.3 Å². The summed E-state index contributed by atoms with van der Waals surface area (Å²) in [6, 6.07) is 18.4. The quantitative estimate of drug-likeness (QED) is 0.267. The third-order valence-corrected chi connectivity index (χ3v) is 5.81. The van der Waals surface area contributed by atoms with Gasteiger partial charge in [0.15, 0.2) is 0 Å². The average Bonchev–Trinajstić information content (AvgIpc) is 3.34. The van der Waals surface area contributed by atoms with Gasteiger partial charge in [-0.2, -0.15) is 0 Å². The van der Waals surface area contributed by atoms with Crippen LogP contribution in [-0.4, -0.2) is 33.6 Å². The molecule has 0 aliphatic heterocycles. The molecule has 0 amide bonds. The minimum Gasteiger partial charge on any atom is -0.423 e. The van der Waals surface area contributed by atoms with Gasteiger partial charge >= 0.3 is 7.12 Å². The molecule has 2 heterocycles. The predicted molar refractivity (Wildman–Crippen MR) is 112 cm³/mol. The largest absolute Gasteiger partial charge is 0.489 e. The normalized spacial score (nSPS) is 12.2. The van der Waals surface area contributed by atoms with Crippen LogP contribution in [0.2, 0.25) is 0 Å². The van der Waals surface area contributed by atoms with Gasteiger partial charge in [-0.15, -0.1) is 11.3 Å². The zero-order chi connectivity index (χ0) is 19.7. The maximum Gasteiger partial charge on any atom is 0.489 e. The number of H-pyrrole nitrogens is 1. The average molecular weight is 392 g/mol. The van der Waals surface area contributed by atoms with Crippen molar-refractivity contribution in [1.29, 1.82) is 0 Å². The van der Waals surface area contributed by atoms with Crippen LogP contribution in [0.5, 0.6) is 0 Å². The highest BCUT2D eigenvalue weighted by Crippen LogP contribution is 2.39. The van der Waals surface area contributed by atoms with Gasteiger partial charge in [0.25, 0.3) is 0 Å². The lowest BCUT2D eigenvalue weighted by atomic mass is 9.75. The Balaban J connectivity index is 2.02. The van der Waals surface area contributed by atoms with E-state index in [1.807, 2.05) is 47.8 Å². The number of nitrogens with zero attached hydrogens (tertiary/aromatic N) is 1. The van der Waals surface area contributed by atoms with Gasteiger partial charge in [-0.25, -0.2) is 0 Å². The Bertz CT molecular complexity index is 1120. The van der Waals surface area contributed by atoms with Gasteiger partial charge in [-0.05, 0) is 28.5 Å². The van der Waals surface area contributed by atoms with E-state index < -0.39 is 13.0 Å². The lowest BCUT2D eigenvalue weighted by Gasteiger charge is -2.16. The molecule has 0 aliphatic carbocycles. The van der Waals surface area contributed by atoms with Crippen LogP contribution in [0.1, 0.15) is 16.4 Å². The second-order valence-electron chi connectivity index (χ2n) is 6.50. The smallest absolute Gasteiger partial charge is 0.423 e. The number of benzene rings is 2.